The molecule has 2 heterocycles. The van der Waals surface area contributed by atoms with Gasteiger partial charge in [-0.2, -0.15) is 5.10 Å². The van der Waals surface area contributed by atoms with E-state index in [9.17, 15) is 9.18 Å². The molecule has 1 saturated heterocycles. The first-order chi connectivity index (χ1) is 13.5. The SMILES string of the molecule is CC1CCN(C(=O)c2cc(-c3ccc(F)cc3)nn2-c2ccc(Cl)cc2)CC1. The van der Waals surface area contributed by atoms with E-state index in [1.807, 2.05) is 17.0 Å². The van der Waals surface area contributed by atoms with Gasteiger partial charge in [-0.1, -0.05) is 18.5 Å². The van der Waals surface area contributed by atoms with Gasteiger partial charge in [-0.15, -0.1) is 0 Å². The van der Waals surface area contributed by atoms with Crippen LogP contribution in [0.5, 0.6) is 0 Å². The minimum Gasteiger partial charge on any atom is -0.337 e. The number of halogens is 2. The molecule has 0 unspecified atom stereocenters. The van der Waals surface area contributed by atoms with Crippen molar-refractivity contribution in [2.75, 3.05) is 13.1 Å². The fraction of sp³-hybridized carbons (Fsp3) is 0.273. The van der Waals surface area contributed by atoms with Gasteiger partial charge in [0.2, 0.25) is 0 Å². The summed E-state index contributed by atoms with van der Waals surface area (Å²) in [5, 5.41) is 5.26. The molecular formula is C22H21ClFN3O. The van der Waals surface area contributed by atoms with Gasteiger partial charge in [0.1, 0.15) is 11.5 Å². The zero-order valence-electron chi connectivity index (χ0n) is 15.6. The lowest BCUT2D eigenvalue weighted by Crippen LogP contribution is -2.38. The minimum absolute atomic E-state index is 0.0392. The molecule has 1 aliphatic rings. The topological polar surface area (TPSA) is 38.1 Å². The fourth-order valence-corrected chi connectivity index (χ4v) is 3.57. The molecule has 144 valence electrons. The van der Waals surface area contributed by atoms with Crippen LogP contribution in [0.15, 0.2) is 54.6 Å². The fourth-order valence-electron chi connectivity index (χ4n) is 3.45. The third-order valence-corrected chi connectivity index (χ3v) is 5.46. The first-order valence-corrected chi connectivity index (χ1v) is 9.80. The van der Waals surface area contributed by atoms with E-state index in [0.717, 1.165) is 37.2 Å². The Labute approximate surface area is 168 Å². The highest BCUT2D eigenvalue weighted by Crippen LogP contribution is 2.25. The zero-order chi connectivity index (χ0) is 19.7. The van der Waals surface area contributed by atoms with E-state index in [-0.39, 0.29) is 11.7 Å². The van der Waals surface area contributed by atoms with Crippen LogP contribution < -0.4 is 0 Å². The van der Waals surface area contributed by atoms with Crippen molar-refractivity contribution in [3.8, 4) is 16.9 Å². The maximum atomic E-state index is 13.3. The Balaban J connectivity index is 1.75. The number of amides is 1. The highest BCUT2D eigenvalue weighted by atomic mass is 35.5. The summed E-state index contributed by atoms with van der Waals surface area (Å²) in [6.07, 6.45) is 2.01. The molecule has 4 rings (SSSR count). The molecule has 6 heteroatoms. The lowest BCUT2D eigenvalue weighted by Gasteiger charge is -2.30. The Morgan fingerprint density at radius 1 is 1.07 bits per heavy atom. The van der Waals surface area contributed by atoms with E-state index < -0.39 is 0 Å². The van der Waals surface area contributed by atoms with E-state index in [4.69, 9.17) is 11.6 Å². The lowest BCUT2D eigenvalue weighted by atomic mass is 9.99. The van der Waals surface area contributed by atoms with Crippen LogP contribution in [0, 0.1) is 11.7 Å². The average Bonchev–Trinajstić information content (AvgIpc) is 3.14. The second kappa shape index (κ2) is 7.76. The maximum Gasteiger partial charge on any atom is 0.272 e. The molecule has 0 N–H and O–H groups in total. The third-order valence-electron chi connectivity index (χ3n) is 5.21. The Hall–Kier alpha value is -2.66. The second-order valence-corrected chi connectivity index (χ2v) is 7.72. The lowest BCUT2D eigenvalue weighted by molar-refractivity contribution is 0.0688. The summed E-state index contributed by atoms with van der Waals surface area (Å²) in [5.41, 5.74) is 2.64. The van der Waals surface area contributed by atoms with Crippen molar-refractivity contribution in [3.05, 3.63) is 71.1 Å². The summed E-state index contributed by atoms with van der Waals surface area (Å²) in [6, 6.07) is 15.1. The minimum atomic E-state index is -0.306. The Morgan fingerprint density at radius 2 is 1.71 bits per heavy atom. The molecule has 0 atom stereocenters. The van der Waals surface area contributed by atoms with E-state index in [1.165, 1.54) is 12.1 Å². The van der Waals surface area contributed by atoms with Crippen molar-refractivity contribution >= 4 is 17.5 Å². The van der Waals surface area contributed by atoms with Crippen molar-refractivity contribution in [3.63, 3.8) is 0 Å². The average molecular weight is 398 g/mol. The van der Waals surface area contributed by atoms with Gasteiger partial charge in [-0.25, -0.2) is 9.07 Å². The Morgan fingerprint density at radius 3 is 2.36 bits per heavy atom. The Bertz CT molecular complexity index is 974. The number of hydrogen-bond donors (Lipinski definition) is 0. The smallest absolute Gasteiger partial charge is 0.272 e. The molecule has 0 bridgehead atoms. The van der Waals surface area contributed by atoms with Crippen LogP contribution in [0.25, 0.3) is 16.9 Å². The molecule has 1 amide bonds. The van der Waals surface area contributed by atoms with Gasteiger partial charge in [-0.05, 0) is 73.4 Å². The monoisotopic (exact) mass is 397 g/mol. The summed E-state index contributed by atoms with van der Waals surface area (Å²) in [4.78, 5) is 15.1. The van der Waals surface area contributed by atoms with Gasteiger partial charge < -0.3 is 4.90 Å². The highest BCUT2D eigenvalue weighted by molar-refractivity contribution is 6.30. The van der Waals surface area contributed by atoms with Gasteiger partial charge in [0.25, 0.3) is 5.91 Å². The van der Waals surface area contributed by atoms with E-state index in [0.29, 0.717) is 22.3 Å². The van der Waals surface area contributed by atoms with Crippen LogP contribution in [0.2, 0.25) is 5.02 Å². The number of carbonyl (C=O) groups is 1. The molecule has 0 spiro atoms. The predicted octanol–water partition coefficient (Wildman–Crippen LogP) is 5.20. The predicted molar refractivity (Wildman–Crippen MR) is 108 cm³/mol. The molecule has 1 aromatic heterocycles. The first-order valence-electron chi connectivity index (χ1n) is 9.42. The third kappa shape index (κ3) is 3.80. The molecule has 0 saturated carbocycles. The van der Waals surface area contributed by atoms with Crippen molar-refractivity contribution in [1.29, 1.82) is 0 Å². The van der Waals surface area contributed by atoms with Gasteiger partial charge in [0.05, 0.1) is 11.4 Å². The molecule has 1 fully saturated rings. The second-order valence-electron chi connectivity index (χ2n) is 7.28. The van der Waals surface area contributed by atoms with Crippen LogP contribution in [-0.2, 0) is 0 Å². The zero-order valence-corrected chi connectivity index (χ0v) is 16.4. The molecule has 3 aromatic rings. The number of aromatic nitrogens is 2. The van der Waals surface area contributed by atoms with E-state index >= 15 is 0 Å². The number of hydrogen-bond acceptors (Lipinski definition) is 2. The quantitative estimate of drug-likeness (QED) is 0.609. The normalized spacial score (nSPS) is 15.0. The van der Waals surface area contributed by atoms with Crippen LogP contribution in [0.4, 0.5) is 4.39 Å². The van der Waals surface area contributed by atoms with Gasteiger partial charge in [0, 0.05) is 23.7 Å². The number of piperidine rings is 1. The number of likely N-dealkylation sites (tertiary alicyclic amines) is 1. The summed E-state index contributed by atoms with van der Waals surface area (Å²) in [7, 11) is 0. The maximum absolute atomic E-state index is 13.3. The standard InChI is InChI=1S/C22H21ClFN3O/c1-15-10-12-26(13-11-15)22(28)21-14-20(16-2-6-18(24)7-3-16)25-27(21)19-8-4-17(23)5-9-19/h2-9,14-15H,10-13H2,1H3. The van der Waals surface area contributed by atoms with Gasteiger partial charge >= 0.3 is 0 Å². The molecular weight excluding hydrogens is 377 g/mol. The molecule has 0 radical (unpaired) electrons. The highest BCUT2D eigenvalue weighted by Gasteiger charge is 2.25. The Kier molecular flexibility index (Phi) is 5.18. The van der Waals surface area contributed by atoms with Crippen molar-refractivity contribution in [1.82, 2.24) is 14.7 Å². The number of carbonyl (C=O) groups excluding carboxylic acids is 1. The summed E-state index contributed by atoms with van der Waals surface area (Å²) < 4.78 is 14.9. The van der Waals surface area contributed by atoms with Crippen molar-refractivity contribution in [2.45, 2.75) is 19.8 Å². The number of rotatable bonds is 3. The van der Waals surface area contributed by atoms with Gasteiger partial charge in [-0.3, -0.25) is 4.79 Å². The largest absolute Gasteiger partial charge is 0.337 e. The van der Waals surface area contributed by atoms with Crippen LogP contribution in [0.3, 0.4) is 0 Å². The summed E-state index contributed by atoms with van der Waals surface area (Å²) in [5.74, 6) is 0.294. The number of nitrogens with zero attached hydrogens (tertiary/aromatic N) is 3. The van der Waals surface area contributed by atoms with Crippen LogP contribution in [0.1, 0.15) is 30.3 Å². The molecule has 0 aliphatic carbocycles. The van der Waals surface area contributed by atoms with Crippen molar-refractivity contribution in [2.24, 2.45) is 5.92 Å². The molecule has 1 aliphatic heterocycles. The van der Waals surface area contributed by atoms with Crippen LogP contribution in [-0.4, -0.2) is 33.7 Å². The molecule has 2 aromatic carbocycles. The van der Waals surface area contributed by atoms with Crippen LogP contribution >= 0.6 is 11.6 Å². The van der Waals surface area contributed by atoms with Crippen molar-refractivity contribution < 1.29 is 9.18 Å². The first kappa shape index (κ1) is 18.7. The number of benzene rings is 2. The molecule has 4 nitrogen and oxygen atoms in total. The summed E-state index contributed by atoms with van der Waals surface area (Å²) >= 11 is 6.01. The molecule has 28 heavy (non-hydrogen) atoms. The van der Waals surface area contributed by atoms with Gasteiger partial charge in [0.15, 0.2) is 0 Å². The van der Waals surface area contributed by atoms with E-state index in [2.05, 4.69) is 12.0 Å². The van der Waals surface area contributed by atoms with E-state index in [1.54, 1.807) is 35.0 Å². The summed E-state index contributed by atoms with van der Waals surface area (Å²) in [6.45, 7) is 3.71.